The molecule has 5 heteroatoms. The Hall–Kier alpha value is -0.680. The fourth-order valence-corrected chi connectivity index (χ4v) is 3.48. The molecule has 1 atom stereocenters. The number of thioether (sulfide) groups is 1. The first-order valence-corrected chi connectivity index (χ1v) is 8.66. The molecule has 0 spiro atoms. The van der Waals surface area contributed by atoms with Crippen LogP contribution in [0.15, 0.2) is 30.3 Å². The zero-order chi connectivity index (χ0) is 12.7. The average Bonchev–Trinajstić information content (AvgIpc) is 2.26. The van der Waals surface area contributed by atoms with Crippen LogP contribution in [0.4, 0.5) is 5.69 Å². The minimum Gasteiger partial charge on any atom is -0.384 e. The third-order valence-corrected chi connectivity index (χ3v) is 4.60. The molecule has 0 radical (unpaired) electrons. The molecule has 0 aliphatic rings. The molecule has 0 saturated heterocycles. The van der Waals surface area contributed by atoms with Crippen molar-refractivity contribution in [1.82, 2.24) is 0 Å². The quantitative estimate of drug-likeness (QED) is 0.828. The molecule has 1 aromatic rings. The molecule has 3 nitrogen and oxygen atoms in total. The molecule has 1 aromatic carbocycles. The second kappa shape index (κ2) is 6.91. The lowest BCUT2D eigenvalue weighted by atomic mass is 10.3. The molecule has 1 rings (SSSR count). The summed E-state index contributed by atoms with van der Waals surface area (Å²) in [6, 6.07) is 10.0. The van der Waals surface area contributed by atoms with E-state index in [1.165, 1.54) is 6.26 Å². The van der Waals surface area contributed by atoms with Crippen LogP contribution in [0.25, 0.3) is 0 Å². The first-order valence-electron chi connectivity index (χ1n) is 5.55. The summed E-state index contributed by atoms with van der Waals surface area (Å²) in [4.78, 5) is 0. The minimum atomic E-state index is -2.83. The first kappa shape index (κ1) is 14.4. The SMILES string of the molecule is CC(CNc1ccccc1)SCCS(C)(=O)=O. The summed E-state index contributed by atoms with van der Waals surface area (Å²) in [6.45, 7) is 2.95. The van der Waals surface area contributed by atoms with Crippen molar-refractivity contribution in [1.29, 1.82) is 0 Å². The monoisotopic (exact) mass is 273 g/mol. The van der Waals surface area contributed by atoms with Gasteiger partial charge in [0.05, 0.1) is 5.75 Å². The molecule has 0 bridgehead atoms. The predicted molar refractivity (Wildman–Crippen MR) is 76.6 cm³/mol. The van der Waals surface area contributed by atoms with Gasteiger partial charge in [0.15, 0.2) is 0 Å². The standard InChI is InChI=1S/C12H19NO2S2/c1-11(16-8-9-17(2,14)15)10-13-12-6-4-3-5-7-12/h3-7,11,13H,8-10H2,1-2H3. The highest BCUT2D eigenvalue weighted by Crippen LogP contribution is 2.12. The summed E-state index contributed by atoms with van der Waals surface area (Å²) in [5.74, 6) is 0.920. The van der Waals surface area contributed by atoms with Crippen LogP contribution in [0.5, 0.6) is 0 Å². The molecule has 1 N–H and O–H groups in total. The molecule has 0 fully saturated rings. The van der Waals surface area contributed by atoms with Crippen molar-refractivity contribution in [3.63, 3.8) is 0 Å². The predicted octanol–water partition coefficient (Wildman–Crippen LogP) is 2.26. The number of hydrogen-bond donors (Lipinski definition) is 1. The highest BCUT2D eigenvalue weighted by Gasteiger charge is 2.06. The van der Waals surface area contributed by atoms with Gasteiger partial charge in [0.2, 0.25) is 0 Å². The lowest BCUT2D eigenvalue weighted by Crippen LogP contribution is -2.15. The molecule has 17 heavy (non-hydrogen) atoms. The maximum absolute atomic E-state index is 11.0. The van der Waals surface area contributed by atoms with Crippen LogP contribution in [0.2, 0.25) is 0 Å². The van der Waals surface area contributed by atoms with Crippen molar-refractivity contribution in [2.24, 2.45) is 0 Å². The van der Waals surface area contributed by atoms with Gasteiger partial charge in [0.1, 0.15) is 9.84 Å². The second-order valence-corrected chi connectivity index (χ2v) is 7.86. The van der Waals surface area contributed by atoms with Crippen molar-refractivity contribution in [2.45, 2.75) is 12.2 Å². The number of benzene rings is 1. The summed E-state index contributed by atoms with van der Waals surface area (Å²) in [6.07, 6.45) is 1.28. The minimum absolute atomic E-state index is 0.257. The van der Waals surface area contributed by atoms with Crippen molar-refractivity contribution in [3.8, 4) is 0 Å². The van der Waals surface area contributed by atoms with E-state index in [4.69, 9.17) is 0 Å². The first-order chi connectivity index (χ1) is 7.97. The molecule has 0 aliphatic heterocycles. The van der Waals surface area contributed by atoms with E-state index in [0.717, 1.165) is 12.2 Å². The van der Waals surface area contributed by atoms with Gasteiger partial charge in [-0.1, -0.05) is 25.1 Å². The Morgan fingerprint density at radius 1 is 1.29 bits per heavy atom. The summed E-state index contributed by atoms with van der Waals surface area (Å²) in [5, 5.41) is 3.72. The van der Waals surface area contributed by atoms with Crippen LogP contribution in [0.3, 0.4) is 0 Å². The van der Waals surface area contributed by atoms with E-state index < -0.39 is 9.84 Å². The van der Waals surface area contributed by atoms with Crippen molar-refractivity contribution in [2.75, 3.05) is 29.6 Å². The van der Waals surface area contributed by atoms with Gasteiger partial charge in [-0.15, -0.1) is 0 Å². The van der Waals surface area contributed by atoms with Gasteiger partial charge >= 0.3 is 0 Å². The van der Waals surface area contributed by atoms with Gasteiger partial charge in [0.25, 0.3) is 0 Å². The van der Waals surface area contributed by atoms with E-state index in [1.54, 1.807) is 11.8 Å². The van der Waals surface area contributed by atoms with Gasteiger partial charge in [-0.25, -0.2) is 8.42 Å². The third kappa shape index (κ3) is 7.28. The second-order valence-electron chi connectivity index (χ2n) is 4.06. The van der Waals surface area contributed by atoms with Crippen LogP contribution < -0.4 is 5.32 Å². The number of nitrogens with one attached hydrogen (secondary N) is 1. The molecule has 0 aliphatic carbocycles. The zero-order valence-corrected chi connectivity index (χ0v) is 11.9. The smallest absolute Gasteiger partial charge is 0.148 e. The Balaban J connectivity index is 2.20. The van der Waals surface area contributed by atoms with E-state index in [9.17, 15) is 8.42 Å². The number of rotatable bonds is 7. The Labute approximate surface area is 108 Å². The van der Waals surface area contributed by atoms with E-state index >= 15 is 0 Å². The van der Waals surface area contributed by atoms with Crippen LogP contribution in [0, 0.1) is 0 Å². The van der Waals surface area contributed by atoms with Gasteiger partial charge in [0, 0.05) is 29.5 Å². The van der Waals surface area contributed by atoms with Crippen molar-refractivity contribution >= 4 is 27.3 Å². The maximum atomic E-state index is 11.0. The molecular formula is C12H19NO2S2. The Morgan fingerprint density at radius 3 is 2.53 bits per heavy atom. The largest absolute Gasteiger partial charge is 0.384 e. The van der Waals surface area contributed by atoms with E-state index in [-0.39, 0.29) is 5.75 Å². The molecule has 0 amide bonds. The topological polar surface area (TPSA) is 46.2 Å². The Morgan fingerprint density at radius 2 is 1.94 bits per heavy atom. The van der Waals surface area contributed by atoms with Crippen LogP contribution in [-0.4, -0.2) is 38.0 Å². The number of para-hydroxylation sites is 1. The average molecular weight is 273 g/mol. The summed E-state index contributed by atoms with van der Waals surface area (Å²) in [7, 11) is -2.83. The number of sulfone groups is 1. The van der Waals surface area contributed by atoms with E-state index in [0.29, 0.717) is 11.0 Å². The van der Waals surface area contributed by atoms with Gasteiger partial charge < -0.3 is 5.32 Å². The summed E-state index contributed by atoms with van der Waals surface area (Å²) in [5.41, 5.74) is 1.10. The molecule has 0 aromatic heterocycles. The fourth-order valence-electron chi connectivity index (χ4n) is 1.28. The lowest BCUT2D eigenvalue weighted by molar-refractivity contribution is 0.603. The summed E-state index contributed by atoms with van der Waals surface area (Å²) < 4.78 is 21.9. The molecule has 96 valence electrons. The number of hydrogen-bond acceptors (Lipinski definition) is 4. The summed E-state index contributed by atoms with van der Waals surface area (Å²) >= 11 is 1.68. The molecular weight excluding hydrogens is 254 g/mol. The number of anilines is 1. The fraction of sp³-hybridized carbons (Fsp3) is 0.500. The highest BCUT2D eigenvalue weighted by molar-refractivity contribution is 8.01. The van der Waals surface area contributed by atoms with Gasteiger partial charge in [-0.2, -0.15) is 11.8 Å². The third-order valence-electron chi connectivity index (χ3n) is 2.22. The van der Waals surface area contributed by atoms with E-state index in [1.807, 2.05) is 30.3 Å². The highest BCUT2D eigenvalue weighted by atomic mass is 32.2. The normalized spacial score (nSPS) is 13.3. The lowest BCUT2D eigenvalue weighted by Gasteiger charge is -2.12. The van der Waals surface area contributed by atoms with E-state index in [2.05, 4.69) is 12.2 Å². The van der Waals surface area contributed by atoms with Gasteiger partial charge in [-0.05, 0) is 12.1 Å². The Bertz CT molecular complexity index is 417. The van der Waals surface area contributed by atoms with Gasteiger partial charge in [-0.3, -0.25) is 0 Å². The van der Waals surface area contributed by atoms with Crippen molar-refractivity contribution in [3.05, 3.63) is 30.3 Å². The molecule has 0 heterocycles. The maximum Gasteiger partial charge on any atom is 0.148 e. The van der Waals surface area contributed by atoms with Crippen LogP contribution >= 0.6 is 11.8 Å². The molecule has 1 unspecified atom stereocenters. The Kier molecular flexibility index (Phi) is 5.85. The zero-order valence-electron chi connectivity index (χ0n) is 10.2. The van der Waals surface area contributed by atoms with Crippen LogP contribution in [-0.2, 0) is 9.84 Å². The molecule has 0 saturated carbocycles. The van der Waals surface area contributed by atoms with Crippen LogP contribution in [0.1, 0.15) is 6.92 Å². The van der Waals surface area contributed by atoms with Crippen molar-refractivity contribution < 1.29 is 8.42 Å².